The number of fused-ring (bicyclic) bond motifs is 1. The third-order valence-electron chi connectivity index (χ3n) is 4.57. The van der Waals surface area contributed by atoms with Crippen molar-refractivity contribution in [3.8, 4) is 0 Å². The molecule has 4 atom stereocenters. The molecule has 0 saturated carbocycles. The Kier molecular flexibility index (Phi) is 5.39. The molecule has 0 radical (unpaired) electrons. The minimum Gasteiger partial charge on any atom is -0.349 e. The molecule has 150 valence electrons. The predicted molar refractivity (Wildman–Crippen MR) is 93.6 cm³/mol. The first-order chi connectivity index (χ1) is 13.3. The topological polar surface area (TPSA) is 91.4 Å². The van der Waals surface area contributed by atoms with Gasteiger partial charge in [0.2, 0.25) is 11.7 Å². The van der Waals surface area contributed by atoms with Crippen molar-refractivity contribution in [1.82, 2.24) is 4.90 Å². The average molecular weight is 432 g/mol. The van der Waals surface area contributed by atoms with E-state index in [0.717, 1.165) is 16.7 Å². The molecule has 0 spiro atoms. The molecule has 0 N–H and O–H groups in total. The standard InChI is InChI=1S/C17H16ClFNO7P/c18-11-3-1-10(2-4-11)8-24-28(23)25-9-15-14(27-28)6-17(26-15)20-7-12(19)13(21)5-16(20)22/h1-4,7,14-15,17H,5-6,8-9H2/t14-,15+,17+,28?/m0/s1. The van der Waals surface area contributed by atoms with Gasteiger partial charge in [-0.1, -0.05) is 23.7 Å². The first kappa shape index (κ1) is 19.7. The molecular weight excluding hydrogens is 416 g/mol. The number of ether oxygens (including phenoxy) is 1. The number of phosphoric ester groups is 1. The number of carbonyl (C=O) groups excluding carboxylic acids is 2. The molecule has 3 heterocycles. The predicted octanol–water partition coefficient (Wildman–Crippen LogP) is 3.11. The van der Waals surface area contributed by atoms with E-state index in [4.69, 9.17) is 29.9 Å². The molecule has 1 aromatic carbocycles. The Labute approximate surface area is 164 Å². The summed E-state index contributed by atoms with van der Waals surface area (Å²) < 4.78 is 48.0. The largest absolute Gasteiger partial charge is 0.475 e. The maximum absolute atomic E-state index is 13.6. The Morgan fingerprint density at radius 3 is 2.75 bits per heavy atom. The zero-order chi connectivity index (χ0) is 19.9. The van der Waals surface area contributed by atoms with Crippen LogP contribution in [0.4, 0.5) is 4.39 Å². The van der Waals surface area contributed by atoms with Crippen molar-refractivity contribution >= 4 is 31.1 Å². The second kappa shape index (κ2) is 7.67. The molecule has 2 saturated heterocycles. The summed E-state index contributed by atoms with van der Waals surface area (Å²) in [5.41, 5.74) is 0.735. The molecule has 4 rings (SSSR count). The van der Waals surface area contributed by atoms with Crippen LogP contribution >= 0.6 is 19.4 Å². The van der Waals surface area contributed by atoms with Gasteiger partial charge in [-0.15, -0.1) is 0 Å². The van der Waals surface area contributed by atoms with Crippen LogP contribution in [0.3, 0.4) is 0 Å². The summed E-state index contributed by atoms with van der Waals surface area (Å²) in [6, 6.07) is 6.80. The van der Waals surface area contributed by atoms with Crippen LogP contribution in [-0.2, 0) is 39.1 Å². The Hall–Kier alpha value is -1.61. The van der Waals surface area contributed by atoms with Crippen LogP contribution in [0.5, 0.6) is 0 Å². The summed E-state index contributed by atoms with van der Waals surface area (Å²) in [4.78, 5) is 24.3. The van der Waals surface area contributed by atoms with Gasteiger partial charge in [0.05, 0.1) is 19.6 Å². The Bertz CT molecular complexity index is 877. The van der Waals surface area contributed by atoms with E-state index in [1.54, 1.807) is 24.3 Å². The third kappa shape index (κ3) is 4.05. The van der Waals surface area contributed by atoms with Gasteiger partial charge in [-0.3, -0.25) is 28.1 Å². The minimum atomic E-state index is -3.82. The van der Waals surface area contributed by atoms with Gasteiger partial charge in [-0.05, 0) is 17.7 Å². The number of allylic oxidation sites excluding steroid dienone is 1. The van der Waals surface area contributed by atoms with Crippen LogP contribution in [0.15, 0.2) is 36.3 Å². The summed E-state index contributed by atoms with van der Waals surface area (Å²) in [6.07, 6.45) is -1.67. The molecule has 3 aliphatic rings. The molecule has 8 nitrogen and oxygen atoms in total. The molecule has 28 heavy (non-hydrogen) atoms. The van der Waals surface area contributed by atoms with Crippen molar-refractivity contribution in [3.63, 3.8) is 0 Å². The smallest absolute Gasteiger partial charge is 0.349 e. The van der Waals surface area contributed by atoms with Crippen molar-refractivity contribution in [1.29, 1.82) is 0 Å². The average Bonchev–Trinajstić information content (AvgIpc) is 3.07. The number of hydrogen-bond acceptors (Lipinski definition) is 7. The van der Waals surface area contributed by atoms with E-state index in [9.17, 15) is 18.5 Å². The van der Waals surface area contributed by atoms with Gasteiger partial charge in [-0.2, -0.15) is 0 Å². The fourth-order valence-electron chi connectivity index (χ4n) is 3.12. The van der Waals surface area contributed by atoms with Crippen LogP contribution in [-0.4, -0.2) is 41.6 Å². The zero-order valence-electron chi connectivity index (χ0n) is 14.5. The maximum Gasteiger partial charge on any atom is 0.475 e. The molecule has 1 aromatic rings. The molecule has 2 fully saturated rings. The lowest BCUT2D eigenvalue weighted by molar-refractivity contribution is -0.146. The molecular formula is C17H16ClFNO7P. The van der Waals surface area contributed by atoms with Crippen molar-refractivity contribution in [2.75, 3.05) is 6.61 Å². The second-order valence-corrected chi connectivity index (χ2v) is 8.59. The summed E-state index contributed by atoms with van der Waals surface area (Å²) in [5, 5.41) is 0.567. The number of benzene rings is 1. The molecule has 0 aromatic heterocycles. The highest BCUT2D eigenvalue weighted by atomic mass is 35.5. The number of nitrogens with zero attached hydrogens (tertiary/aromatic N) is 1. The number of ketones is 1. The number of phosphoric acid groups is 1. The van der Waals surface area contributed by atoms with E-state index in [2.05, 4.69) is 0 Å². The zero-order valence-corrected chi connectivity index (χ0v) is 16.1. The highest BCUT2D eigenvalue weighted by Crippen LogP contribution is 2.56. The van der Waals surface area contributed by atoms with Gasteiger partial charge in [0.1, 0.15) is 18.4 Å². The summed E-state index contributed by atoms with van der Waals surface area (Å²) >= 11 is 5.82. The molecule has 1 amide bonds. The van der Waals surface area contributed by atoms with Crippen molar-refractivity contribution < 1.29 is 36.9 Å². The van der Waals surface area contributed by atoms with Gasteiger partial charge >= 0.3 is 7.82 Å². The SMILES string of the molecule is O=C1CC(=O)N([C@H]2C[C@@H]3OP(=O)(OCc4ccc(Cl)cc4)OC[C@H]3O2)C=C1F. The van der Waals surface area contributed by atoms with Gasteiger partial charge in [-0.25, -0.2) is 8.96 Å². The van der Waals surface area contributed by atoms with Crippen LogP contribution in [0.2, 0.25) is 5.02 Å². The van der Waals surface area contributed by atoms with Crippen molar-refractivity contribution in [3.05, 3.63) is 46.9 Å². The summed E-state index contributed by atoms with van der Waals surface area (Å²) in [5.74, 6) is -2.44. The van der Waals surface area contributed by atoms with E-state index >= 15 is 0 Å². The molecule has 3 aliphatic heterocycles. The maximum atomic E-state index is 13.6. The number of Topliss-reactive ketones (excluding diaryl/α,β-unsaturated/α-hetero) is 1. The Morgan fingerprint density at radius 2 is 2.00 bits per heavy atom. The minimum absolute atomic E-state index is 0.00318. The first-order valence-electron chi connectivity index (χ1n) is 8.52. The second-order valence-electron chi connectivity index (χ2n) is 6.53. The molecule has 1 unspecified atom stereocenters. The van der Waals surface area contributed by atoms with Gasteiger partial charge in [0, 0.05) is 17.6 Å². The number of hydrogen-bond donors (Lipinski definition) is 0. The normalized spacial score (nSPS) is 33.0. The van der Waals surface area contributed by atoms with Crippen LogP contribution in [0.1, 0.15) is 18.4 Å². The lowest BCUT2D eigenvalue weighted by atomic mass is 10.1. The summed E-state index contributed by atoms with van der Waals surface area (Å²) in [7, 11) is -3.82. The third-order valence-corrected chi connectivity index (χ3v) is 6.26. The van der Waals surface area contributed by atoms with Gasteiger partial charge in [0.15, 0.2) is 5.83 Å². The highest BCUT2D eigenvalue weighted by Gasteiger charge is 2.49. The lowest BCUT2D eigenvalue weighted by Crippen LogP contribution is -2.40. The van der Waals surface area contributed by atoms with E-state index in [1.165, 1.54) is 0 Å². The number of rotatable bonds is 4. The molecule has 11 heteroatoms. The van der Waals surface area contributed by atoms with E-state index in [1.807, 2.05) is 0 Å². The number of halogens is 2. The Morgan fingerprint density at radius 1 is 1.25 bits per heavy atom. The Balaban J connectivity index is 1.39. The van der Waals surface area contributed by atoms with Crippen LogP contribution in [0.25, 0.3) is 0 Å². The van der Waals surface area contributed by atoms with Crippen LogP contribution < -0.4 is 0 Å². The van der Waals surface area contributed by atoms with E-state index in [0.29, 0.717) is 5.02 Å². The number of amides is 1. The van der Waals surface area contributed by atoms with E-state index in [-0.39, 0.29) is 19.6 Å². The van der Waals surface area contributed by atoms with Crippen molar-refractivity contribution in [2.45, 2.75) is 37.9 Å². The monoisotopic (exact) mass is 431 g/mol. The fourth-order valence-corrected chi connectivity index (χ4v) is 4.63. The lowest BCUT2D eigenvalue weighted by Gasteiger charge is -2.30. The van der Waals surface area contributed by atoms with Crippen LogP contribution in [0, 0.1) is 0 Å². The quantitative estimate of drug-likeness (QED) is 0.534. The van der Waals surface area contributed by atoms with E-state index < -0.39 is 50.2 Å². The number of carbonyl (C=O) groups is 2. The highest BCUT2D eigenvalue weighted by molar-refractivity contribution is 7.48. The fraction of sp³-hybridized carbons (Fsp3) is 0.412. The summed E-state index contributed by atoms with van der Waals surface area (Å²) in [6.45, 7) is -0.0665. The van der Waals surface area contributed by atoms with Gasteiger partial charge in [0.25, 0.3) is 0 Å². The molecule has 0 bridgehead atoms. The van der Waals surface area contributed by atoms with Crippen molar-refractivity contribution in [2.24, 2.45) is 0 Å². The van der Waals surface area contributed by atoms with Gasteiger partial charge < -0.3 is 4.74 Å². The first-order valence-corrected chi connectivity index (χ1v) is 10.4. The molecule has 0 aliphatic carbocycles.